The topological polar surface area (TPSA) is 78.9 Å². The molecule has 0 radical (unpaired) electrons. The minimum Gasteiger partial charge on any atom is -0.481 e. The normalized spacial score (nSPS) is 12.4. The summed E-state index contributed by atoms with van der Waals surface area (Å²) >= 11 is 0. The predicted octanol–water partition coefficient (Wildman–Crippen LogP) is 2.52. The van der Waals surface area contributed by atoms with E-state index in [1.54, 1.807) is 20.8 Å². The van der Waals surface area contributed by atoms with Gasteiger partial charge in [0.2, 0.25) is 0 Å². The van der Waals surface area contributed by atoms with Crippen LogP contribution in [0, 0.1) is 5.92 Å². The van der Waals surface area contributed by atoms with Gasteiger partial charge in [-0.15, -0.1) is 0 Å². The Kier molecular flexibility index (Phi) is 6.42. The van der Waals surface area contributed by atoms with Gasteiger partial charge in [-0.1, -0.05) is 12.1 Å². The fourth-order valence-electron chi connectivity index (χ4n) is 1.98. The lowest BCUT2D eigenvalue weighted by molar-refractivity contribution is -0.141. The molecule has 0 bridgehead atoms. The van der Waals surface area contributed by atoms with Gasteiger partial charge < -0.3 is 20.1 Å². The SMILES string of the molecule is CN(C)c1ccc(CC(CNC(=O)OC(C)(C)C)C(=O)O)cc1. The molecule has 0 aliphatic heterocycles. The maximum absolute atomic E-state index is 11.6. The highest BCUT2D eigenvalue weighted by Crippen LogP contribution is 2.15. The first-order valence-corrected chi connectivity index (χ1v) is 7.54. The molecule has 128 valence electrons. The summed E-state index contributed by atoms with van der Waals surface area (Å²) in [6, 6.07) is 7.68. The summed E-state index contributed by atoms with van der Waals surface area (Å²) in [5.41, 5.74) is 1.35. The average molecular weight is 322 g/mol. The Bertz CT molecular complexity index is 533. The number of ether oxygens (including phenoxy) is 1. The zero-order chi connectivity index (χ0) is 17.6. The summed E-state index contributed by atoms with van der Waals surface area (Å²) in [5, 5.41) is 11.8. The molecule has 2 N–H and O–H groups in total. The summed E-state index contributed by atoms with van der Waals surface area (Å²) in [6.07, 6.45) is -0.259. The molecule has 0 fully saturated rings. The van der Waals surface area contributed by atoms with Crippen molar-refractivity contribution < 1.29 is 19.4 Å². The van der Waals surface area contributed by atoms with Crippen molar-refractivity contribution in [1.82, 2.24) is 5.32 Å². The fraction of sp³-hybridized carbons (Fsp3) is 0.529. The van der Waals surface area contributed by atoms with Crippen LogP contribution >= 0.6 is 0 Å². The lowest BCUT2D eigenvalue weighted by Gasteiger charge is -2.21. The van der Waals surface area contributed by atoms with Crippen LogP contribution in [-0.2, 0) is 16.0 Å². The Balaban J connectivity index is 2.62. The number of nitrogens with one attached hydrogen (secondary N) is 1. The van der Waals surface area contributed by atoms with Crippen LogP contribution < -0.4 is 10.2 Å². The highest BCUT2D eigenvalue weighted by Gasteiger charge is 2.21. The number of carboxylic acid groups (broad SMARTS) is 1. The van der Waals surface area contributed by atoms with Crippen LogP contribution in [0.3, 0.4) is 0 Å². The van der Waals surface area contributed by atoms with Crippen molar-refractivity contribution in [2.45, 2.75) is 32.8 Å². The summed E-state index contributed by atoms with van der Waals surface area (Å²) < 4.78 is 5.11. The number of benzene rings is 1. The number of hydrogen-bond donors (Lipinski definition) is 2. The van der Waals surface area contributed by atoms with E-state index in [-0.39, 0.29) is 6.54 Å². The van der Waals surface area contributed by atoms with E-state index in [9.17, 15) is 14.7 Å². The van der Waals surface area contributed by atoms with Gasteiger partial charge in [0.25, 0.3) is 0 Å². The van der Waals surface area contributed by atoms with Crippen LogP contribution in [0.1, 0.15) is 26.3 Å². The first-order chi connectivity index (χ1) is 10.6. The van der Waals surface area contributed by atoms with Crippen molar-refractivity contribution in [1.29, 1.82) is 0 Å². The number of alkyl carbamates (subject to hydrolysis) is 1. The maximum atomic E-state index is 11.6. The van der Waals surface area contributed by atoms with E-state index in [0.29, 0.717) is 6.42 Å². The molecule has 1 aromatic rings. The molecule has 6 heteroatoms. The van der Waals surface area contributed by atoms with Gasteiger partial charge >= 0.3 is 12.1 Å². The zero-order valence-electron chi connectivity index (χ0n) is 14.4. The third kappa shape index (κ3) is 7.04. The molecule has 6 nitrogen and oxygen atoms in total. The van der Waals surface area contributed by atoms with Gasteiger partial charge in [0.1, 0.15) is 5.60 Å². The molecule has 0 aromatic heterocycles. The van der Waals surface area contributed by atoms with E-state index in [0.717, 1.165) is 11.3 Å². The number of carbonyl (C=O) groups excluding carboxylic acids is 1. The van der Waals surface area contributed by atoms with Crippen LogP contribution in [0.4, 0.5) is 10.5 Å². The summed E-state index contributed by atoms with van der Waals surface area (Å²) in [6.45, 7) is 5.30. The van der Waals surface area contributed by atoms with Crippen molar-refractivity contribution in [3.05, 3.63) is 29.8 Å². The van der Waals surface area contributed by atoms with Crippen molar-refractivity contribution >= 4 is 17.7 Å². The molecule has 1 unspecified atom stereocenters. The molecular weight excluding hydrogens is 296 g/mol. The molecular formula is C17H26N2O4. The van der Waals surface area contributed by atoms with E-state index < -0.39 is 23.6 Å². The number of rotatable bonds is 6. The van der Waals surface area contributed by atoms with E-state index in [4.69, 9.17) is 4.74 Å². The minimum atomic E-state index is -0.947. The second-order valence-electron chi connectivity index (χ2n) is 6.68. The molecule has 1 rings (SSSR count). The largest absolute Gasteiger partial charge is 0.481 e. The summed E-state index contributed by atoms with van der Waals surface area (Å²) in [5.74, 6) is -1.65. The Morgan fingerprint density at radius 1 is 1.22 bits per heavy atom. The first kappa shape index (κ1) is 18.8. The Hall–Kier alpha value is -2.24. The van der Waals surface area contributed by atoms with Crippen LogP contribution in [0.15, 0.2) is 24.3 Å². The van der Waals surface area contributed by atoms with E-state index in [1.807, 2.05) is 43.3 Å². The molecule has 0 saturated heterocycles. The molecule has 1 aromatic carbocycles. The lowest BCUT2D eigenvalue weighted by Crippen LogP contribution is -2.37. The maximum Gasteiger partial charge on any atom is 0.407 e. The van der Waals surface area contributed by atoms with Gasteiger partial charge in [0.05, 0.1) is 5.92 Å². The highest BCUT2D eigenvalue weighted by atomic mass is 16.6. The Morgan fingerprint density at radius 3 is 2.22 bits per heavy atom. The second kappa shape index (κ2) is 7.85. The average Bonchev–Trinajstić information content (AvgIpc) is 2.41. The fourth-order valence-corrected chi connectivity index (χ4v) is 1.98. The molecule has 1 atom stereocenters. The minimum absolute atomic E-state index is 0.0275. The predicted molar refractivity (Wildman–Crippen MR) is 89.8 cm³/mol. The number of carboxylic acids is 1. The summed E-state index contributed by atoms with van der Waals surface area (Å²) in [4.78, 5) is 25.0. The molecule has 1 amide bonds. The van der Waals surface area contributed by atoms with Gasteiger partial charge in [-0.25, -0.2) is 4.79 Å². The second-order valence-corrected chi connectivity index (χ2v) is 6.68. The highest BCUT2D eigenvalue weighted by molar-refractivity contribution is 5.73. The van der Waals surface area contributed by atoms with Crippen molar-refractivity contribution in [3.8, 4) is 0 Å². The van der Waals surface area contributed by atoms with Gasteiger partial charge in [0.15, 0.2) is 0 Å². The number of amides is 1. The van der Waals surface area contributed by atoms with Gasteiger partial charge in [0, 0.05) is 26.3 Å². The van der Waals surface area contributed by atoms with Crippen molar-refractivity contribution in [2.24, 2.45) is 5.92 Å². The standard InChI is InChI=1S/C17H26N2O4/c1-17(2,3)23-16(22)18-11-13(15(20)21)10-12-6-8-14(9-7-12)19(4)5/h6-9,13H,10-11H2,1-5H3,(H,18,22)(H,20,21). The third-order valence-corrected chi connectivity index (χ3v) is 3.18. The Morgan fingerprint density at radius 2 is 1.78 bits per heavy atom. The van der Waals surface area contributed by atoms with E-state index in [1.165, 1.54) is 0 Å². The molecule has 0 saturated carbocycles. The molecule has 0 aliphatic rings. The quantitative estimate of drug-likeness (QED) is 0.841. The van der Waals surface area contributed by atoms with Gasteiger partial charge in [-0.2, -0.15) is 0 Å². The summed E-state index contributed by atoms with van der Waals surface area (Å²) in [7, 11) is 3.89. The molecule has 0 aliphatic carbocycles. The van der Waals surface area contributed by atoms with Gasteiger partial charge in [-0.05, 0) is 44.9 Å². The van der Waals surface area contributed by atoms with Crippen LogP contribution in [0.2, 0.25) is 0 Å². The smallest absolute Gasteiger partial charge is 0.407 e. The van der Waals surface area contributed by atoms with Crippen LogP contribution in [0.25, 0.3) is 0 Å². The van der Waals surface area contributed by atoms with Crippen LogP contribution in [0.5, 0.6) is 0 Å². The number of hydrogen-bond acceptors (Lipinski definition) is 4. The lowest BCUT2D eigenvalue weighted by atomic mass is 9.99. The molecule has 23 heavy (non-hydrogen) atoms. The number of aliphatic carboxylic acids is 1. The van der Waals surface area contributed by atoms with Gasteiger partial charge in [-0.3, -0.25) is 4.79 Å². The third-order valence-electron chi connectivity index (χ3n) is 3.18. The number of carbonyl (C=O) groups is 2. The van der Waals surface area contributed by atoms with E-state index >= 15 is 0 Å². The van der Waals surface area contributed by atoms with E-state index in [2.05, 4.69) is 5.32 Å². The number of anilines is 1. The van der Waals surface area contributed by atoms with Crippen LogP contribution in [-0.4, -0.2) is 43.4 Å². The molecule has 0 spiro atoms. The monoisotopic (exact) mass is 322 g/mol. The Labute approximate surface area is 137 Å². The molecule has 0 heterocycles. The first-order valence-electron chi connectivity index (χ1n) is 7.54. The van der Waals surface area contributed by atoms with Crippen molar-refractivity contribution in [2.75, 3.05) is 25.5 Å². The number of nitrogens with zero attached hydrogens (tertiary/aromatic N) is 1. The van der Waals surface area contributed by atoms with Crippen molar-refractivity contribution in [3.63, 3.8) is 0 Å². The zero-order valence-corrected chi connectivity index (χ0v) is 14.4.